The Hall–Kier alpha value is -3.48. The van der Waals surface area contributed by atoms with Gasteiger partial charge in [0.15, 0.2) is 11.6 Å². The first-order chi connectivity index (χ1) is 14.1. The number of hydrogen-bond acceptors (Lipinski definition) is 4. The van der Waals surface area contributed by atoms with E-state index < -0.39 is 5.82 Å². The molecule has 0 spiro atoms. The third kappa shape index (κ3) is 5.28. The molecule has 0 saturated carbocycles. The summed E-state index contributed by atoms with van der Waals surface area (Å²) in [6.07, 6.45) is 5.12. The number of ether oxygens (including phenoxy) is 1. The molecule has 1 aromatic heterocycles. The summed E-state index contributed by atoms with van der Waals surface area (Å²) in [5.74, 6) is -0.506. The van der Waals surface area contributed by atoms with E-state index in [-0.39, 0.29) is 11.7 Å². The zero-order valence-corrected chi connectivity index (χ0v) is 16.4. The standard InChI is InChI=1S/C22H23FN4O2/c1-3-4-12-29-21-11-10-17(13-20(21)23)22-18(14-24-25-16(2)28)15-27(26-22)19-8-6-5-7-9-19/h5-11,13-15H,3-4,12H2,1-2H3,(H,25,28)/b24-14-. The monoisotopic (exact) mass is 394 g/mol. The number of hydrogen-bond donors (Lipinski definition) is 1. The lowest BCUT2D eigenvalue weighted by Crippen LogP contribution is -2.12. The topological polar surface area (TPSA) is 68.5 Å². The number of unbranched alkanes of at least 4 members (excludes halogenated alkanes) is 1. The molecule has 1 amide bonds. The van der Waals surface area contributed by atoms with E-state index in [0.717, 1.165) is 18.5 Å². The summed E-state index contributed by atoms with van der Waals surface area (Å²) < 4.78 is 21.7. The minimum atomic E-state index is -0.447. The molecule has 0 aliphatic carbocycles. The molecule has 0 fully saturated rings. The first-order valence-corrected chi connectivity index (χ1v) is 9.46. The highest BCUT2D eigenvalue weighted by atomic mass is 19.1. The van der Waals surface area contributed by atoms with Crippen molar-refractivity contribution in [1.29, 1.82) is 0 Å². The van der Waals surface area contributed by atoms with Gasteiger partial charge in [-0.3, -0.25) is 4.79 Å². The molecule has 29 heavy (non-hydrogen) atoms. The van der Waals surface area contributed by atoms with Crippen molar-refractivity contribution in [3.05, 3.63) is 66.1 Å². The van der Waals surface area contributed by atoms with E-state index in [2.05, 4.69) is 22.5 Å². The highest BCUT2D eigenvalue weighted by Crippen LogP contribution is 2.27. The Morgan fingerprint density at radius 2 is 2.07 bits per heavy atom. The van der Waals surface area contributed by atoms with Gasteiger partial charge in [0, 0.05) is 24.2 Å². The largest absolute Gasteiger partial charge is 0.491 e. The Labute approximate surface area is 169 Å². The molecular formula is C22H23FN4O2. The fourth-order valence-corrected chi connectivity index (χ4v) is 2.70. The van der Waals surface area contributed by atoms with Crippen LogP contribution in [-0.2, 0) is 4.79 Å². The Bertz CT molecular complexity index is 999. The molecule has 7 heteroatoms. The maximum absolute atomic E-state index is 14.5. The number of aromatic nitrogens is 2. The van der Waals surface area contributed by atoms with Gasteiger partial charge in [0.2, 0.25) is 5.91 Å². The Balaban J connectivity index is 1.96. The van der Waals surface area contributed by atoms with Crippen LogP contribution in [0.15, 0.2) is 59.8 Å². The van der Waals surface area contributed by atoms with Crippen LogP contribution in [0, 0.1) is 5.82 Å². The maximum atomic E-state index is 14.5. The highest BCUT2D eigenvalue weighted by molar-refractivity contribution is 5.89. The maximum Gasteiger partial charge on any atom is 0.236 e. The smallest absolute Gasteiger partial charge is 0.236 e. The Morgan fingerprint density at radius 3 is 2.76 bits per heavy atom. The summed E-state index contributed by atoms with van der Waals surface area (Å²) >= 11 is 0. The van der Waals surface area contributed by atoms with Crippen LogP contribution < -0.4 is 10.2 Å². The van der Waals surface area contributed by atoms with Gasteiger partial charge in [-0.1, -0.05) is 31.5 Å². The van der Waals surface area contributed by atoms with Crippen molar-refractivity contribution in [1.82, 2.24) is 15.2 Å². The van der Waals surface area contributed by atoms with Gasteiger partial charge in [-0.15, -0.1) is 0 Å². The van der Waals surface area contributed by atoms with E-state index in [0.29, 0.717) is 23.4 Å². The number of halogens is 1. The number of nitrogens with zero attached hydrogens (tertiary/aromatic N) is 3. The Morgan fingerprint density at radius 1 is 1.28 bits per heavy atom. The molecule has 2 aromatic carbocycles. The van der Waals surface area contributed by atoms with Gasteiger partial charge in [0.25, 0.3) is 0 Å². The second-order valence-electron chi connectivity index (χ2n) is 6.49. The molecule has 0 unspecified atom stereocenters. The van der Waals surface area contributed by atoms with Crippen molar-refractivity contribution in [3.8, 4) is 22.7 Å². The van der Waals surface area contributed by atoms with Crippen molar-refractivity contribution in [2.45, 2.75) is 26.7 Å². The normalized spacial score (nSPS) is 11.0. The number of amides is 1. The summed E-state index contributed by atoms with van der Waals surface area (Å²) in [6.45, 7) is 3.90. The molecule has 0 aliphatic rings. The number of nitrogens with one attached hydrogen (secondary N) is 1. The van der Waals surface area contributed by atoms with E-state index >= 15 is 0 Å². The van der Waals surface area contributed by atoms with E-state index in [1.54, 1.807) is 23.0 Å². The van der Waals surface area contributed by atoms with Crippen LogP contribution in [0.1, 0.15) is 32.3 Å². The van der Waals surface area contributed by atoms with Crippen LogP contribution in [0.25, 0.3) is 16.9 Å². The number of carbonyl (C=O) groups is 1. The second kappa shape index (κ2) is 9.64. The molecule has 0 aliphatic heterocycles. The number of benzene rings is 2. The summed E-state index contributed by atoms with van der Waals surface area (Å²) in [5.41, 5.74) is 5.00. The summed E-state index contributed by atoms with van der Waals surface area (Å²) in [4.78, 5) is 11.1. The molecule has 1 heterocycles. The average Bonchev–Trinajstić information content (AvgIpc) is 3.14. The van der Waals surface area contributed by atoms with Crippen LogP contribution in [0.2, 0.25) is 0 Å². The highest BCUT2D eigenvalue weighted by Gasteiger charge is 2.14. The van der Waals surface area contributed by atoms with E-state index in [4.69, 9.17) is 4.74 Å². The predicted octanol–water partition coefficient (Wildman–Crippen LogP) is 4.33. The van der Waals surface area contributed by atoms with Crippen LogP contribution in [0.5, 0.6) is 5.75 Å². The Kier molecular flexibility index (Phi) is 6.73. The van der Waals surface area contributed by atoms with Crippen LogP contribution in [0.3, 0.4) is 0 Å². The molecule has 0 atom stereocenters. The minimum absolute atomic E-state index is 0.221. The molecule has 0 bridgehead atoms. The minimum Gasteiger partial charge on any atom is -0.491 e. The zero-order chi connectivity index (χ0) is 20.6. The molecule has 3 rings (SSSR count). The quantitative estimate of drug-likeness (QED) is 0.351. The van der Waals surface area contributed by atoms with E-state index in [1.165, 1.54) is 19.2 Å². The van der Waals surface area contributed by atoms with Gasteiger partial charge in [-0.05, 0) is 36.8 Å². The lowest BCUT2D eigenvalue weighted by atomic mass is 10.1. The zero-order valence-electron chi connectivity index (χ0n) is 16.4. The number of rotatable bonds is 8. The van der Waals surface area contributed by atoms with Gasteiger partial charge in [-0.2, -0.15) is 10.2 Å². The van der Waals surface area contributed by atoms with Crippen LogP contribution >= 0.6 is 0 Å². The predicted molar refractivity (Wildman–Crippen MR) is 111 cm³/mol. The summed E-state index contributed by atoms with van der Waals surface area (Å²) in [5, 5.41) is 8.53. The van der Waals surface area contributed by atoms with Gasteiger partial charge in [0.1, 0.15) is 5.69 Å². The molecule has 3 aromatic rings. The first-order valence-electron chi connectivity index (χ1n) is 9.46. The first kappa shape index (κ1) is 20.3. The summed E-state index contributed by atoms with van der Waals surface area (Å²) in [6, 6.07) is 14.3. The van der Waals surface area contributed by atoms with Crippen molar-refractivity contribution < 1.29 is 13.9 Å². The van der Waals surface area contributed by atoms with Gasteiger partial charge in [-0.25, -0.2) is 14.5 Å². The number of hydrazone groups is 1. The number of para-hydroxylation sites is 1. The average molecular weight is 394 g/mol. The van der Waals surface area contributed by atoms with E-state index in [9.17, 15) is 9.18 Å². The van der Waals surface area contributed by atoms with Crippen molar-refractivity contribution >= 4 is 12.1 Å². The van der Waals surface area contributed by atoms with Crippen LogP contribution in [0.4, 0.5) is 4.39 Å². The third-order valence-corrected chi connectivity index (χ3v) is 4.15. The van der Waals surface area contributed by atoms with Gasteiger partial charge < -0.3 is 4.74 Å². The lowest BCUT2D eigenvalue weighted by Gasteiger charge is -2.08. The fourth-order valence-electron chi connectivity index (χ4n) is 2.70. The molecular weight excluding hydrogens is 371 g/mol. The molecule has 1 N–H and O–H groups in total. The molecule has 150 valence electrons. The third-order valence-electron chi connectivity index (χ3n) is 4.15. The molecule has 0 saturated heterocycles. The summed E-state index contributed by atoms with van der Waals surface area (Å²) in [7, 11) is 0. The van der Waals surface area contributed by atoms with E-state index in [1.807, 2.05) is 30.3 Å². The molecule has 0 radical (unpaired) electrons. The number of carbonyl (C=O) groups excluding carboxylic acids is 1. The van der Waals surface area contributed by atoms with Gasteiger partial charge in [0.05, 0.1) is 18.5 Å². The molecule has 6 nitrogen and oxygen atoms in total. The van der Waals surface area contributed by atoms with Crippen molar-refractivity contribution in [2.24, 2.45) is 5.10 Å². The van der Waals surface area contributed by atoms with Crippen LogP contribution in [-0.4, -0.2) is 28.5 Å². The fraction of sp³-hybridized carbons (Fsp3) is 0.227. The van der Waals surface area contributed by atoms with Crippen molar-refractivity contribution in [3.63, 3.8) is 0 Å². The second-order valence-corrected chi connectivity index (χ2v) is 6.49. The SMILES string of the molecule is CCCCOc1ccc(-c2nn(-c3ccccc3)cc2/C=N\NC(C)=O)cc1F. The lowest BCUT2D eigenvalue weighted by molar-refractivity contribution is -0.118. The van der Waals surface area contributed by atoms with Gasteiger partial charge >= 0.3 is 0 Å². The van der Waals surface area contributed by atoms with Crippen molar-refractivity contribution in [2.75, 3.05) is 6.61 Å².